The van der Waals surface area contributed by atoms with E-state index in [0.29, 0.717) is 6.42 Å². The maximum Gasteiger partial charge on any atom is 0.506 e. The number of carbonyl (C=O) groups is 2. The fraction of sp³-hybridized carbons (Fsp3) is 0.667. The minimum atomic E-state index is -1.29. The van der Waals surface area contributed by atoms with Gasteiger partial charge in [-0.15, -0.1) is 0 Å². The molecule has 1 rings (SSSR count). The molecule has 96 valence electrons. The first-order valence-electron chi connectivity index (χ1n) is 5.90. The van der Waals surface area contributed by atoms with Crippen LogP contribution < -0.4 is 5.32 Å². The summed E-state index contributed by atoms with van der Waals surface area (Å²) in [7, 11) is 1.58. The third kappa shape index (κ3) is 4.89. The number of rotatable bonds is 3. The van der Waals surface area contributed by atoms with Gasteiger partial charge in [-0.05, 0) is 25.3 Å². The van der Waals surface area contributed by atoms with Gasteiger partial charge in [-0.3, -0.25) is 4.79 Å². The van der Waals surface area contributed by atoms with E-state index in [0.717, 1.165) is 25.7 Å². The van der Waals surface area contributed by atoms with Crippen molar-refractivity contribution in [1.29, 1.82) is 0 Å². The molecular weight excluding hydrogens is 222 g/mol. The lowest BCUT2D eigenvalue weighted by Gasteiger charge is -2.24. The van der Waals surface area contributed by atoms with Gasteiger partial charge < -0.3 is 15.2 Å². The Hall–Kier alpha value is -1.52. The van der Waals surface area contributed by atoms with Gasteiger partial charge in [0, 0.05) is 19.4 Å². The monoisotopic (exact) mass is 241 g/mol. The molecule has 1 aliphatic rings. The molecule has 0 radical (unpaired) electrons. The summed E-state index contributed by atoms with van der Waals surface area (Å²) in [6.07, 6.45) is 6.02. The Morgan fingerprint density at radius 1 is 1.47 bits per heavy atom. The molecule has 2 unspecified atom stereocenters. The second kappa shape index (κ2) is 6.93. The van der Waals surface area contributed by atoms with E-state index in [1.165, 1.54) is 0 Å². The zero-order chi connectivity index (χ0) is 12.7. The molecule has 0 bridgehead atoms. The van der Waals surface area contributed by atoms with Crippen molar-refractivity contribution in [2.75, 3.05) is 7.05 Å². The lowest BCUT2D eigenvalue weighted by Crippen LogP contribution is -2.30. The highest BCUT2D eigenvalue weighted by Gasteiger charge is 2.25. The fourth-order valence-electron chi connectivity index (χ4n) is 2.03. The van der Waals surface area contributed by atoms with Gasteiger partial charge in [0.25, 0.3) is 0 Å². The van der Waals surface area contributed by atoms with E-state index in [1.807, 2.05) is 6.08 Å². The number of hydrogen-bond acceptors (Lipinski definition) is 3. The molecule has 0 aromatic carbocycles. The number of carboxylic acid groups (broad SMARTS) is 1. The molecule has 17 heavy (non-hydrogen) atoms. The van der Waals surface area contributed by atoms with Crippen molar-refractivity contribution in [3.8, 4) is 0 Å². The van der Waals surface area contributed by atoms with Gasteiger partial charge in [0.1, 0.15) is 6.10 Å². The molecule has 5 nitrogen and oxygen atoms in total. The van der Waals surface area contributed by atoms with Crippen LogP contribution in [-0.4, -0.2) is 30.3 Å². The molecule has 0 spiro atoms. The molecule has 2 atom stereocenters. The molecule has 1 aliphatic carbocycles. The van der Waals surface area contributed by atoms with Crippen LogP contribution in [0.5, 0.6) is 0 Å². The summed E-state index contributed by atoms with van der Waals surface area (Å²) in [5, 5.41) is 11.2. The van der Waals surface area contributed by atoms with Gasteiger partial charge in [0.05, 0.1) is 0 Å². The number of ether oxygens (including phenoxy) is 1. The topological polar surface area (TPSA) is 75.6 Å². The molecule has 0 aliphatic heterocycles. The van der Waals surface area contributed by atoms with Gasteiger partial charge in [-0.1, -0.05) is 12.5 Å². The van der Waals surface area contributed by atoms with Crippen molar-refractivity contribution in [1.82, 2.24) is 5.32 Å². The Bertz CT molecular complexity index is 301. The first kappa shape index (κ1) is 13.5. The fourth-order valence-corrected chi connectivity index (χ4v) is 2.03. The lowest BCUT2D eigenvalue weighted by molar-refractivity contribution is -0.122. The van der Waals surface area contributed by atoms with E-state index >= 15 is 0 Å². The zero-order valence-electron chi connectivity index (χ0n) is 10.0. The van der Waals surface area contributed by atoms with Crippen molar-refractivity contribution >= 4 is 12.1 Å². The Balaban J connectivity index is 2.69. The molecule has 0 saturated heterocycles. The normalized spacial score (nSPS) is 26.4. The van der Waals surface area contributed by atoms with Crippen LogP contribution in [0.15, 0.2) is 12.2 Å². The first-order valence-corrected chi connectivity index (χ1v) is 5.90. The van der Waals surface area contributed by atoms with Crippen molar-refractivity contribution in [3.63, 3.8) is 0 Å². The van der Waals surface area contributed by atoms with Crippen LogP contribution >= 0.6 is 0 Å². The van der Waals surface area contributed by atoms with Gasteiger partial charge in [0.2, 0.25) is 5.91 Å². The smallest absolute Gasteiger partial charge is 0.450 e. The summed E-state index contributed by atoms with van der Waals surface area (Å²) in [6, 6.07) is 0. The lowest BCUT2D eigenvalue weighted by atomic mass is 9.89. The molecule has 2 N–H and O–H groups in total. The van der Waals surface area contributed by atoms with Crippen molar-refractivity contribution in [3.05, 3.63) is 12.2 Å². The van der Waals surface area contributed by atoms with Gasteiger partial charge in [-0.25, -0.2) is 4.79 Å². The van der Waals surface area contributed by atoms with E-state index in [9.17, 15) is 9.59 Å². The second-order valence-electron chi connectivity index (χ2n) is 4.20. The van der Waals surface area contributed by atoms with Gasteiger partial charge in [-0.2, -0.15) is 0 Å². The Labute approximate surface area is 101 Å². The van der Waals surface area contributed by atoms with E-state index in [1.54, 1.807) is 13.1 Å². The number of hydrogen-bond donors (Lipinski definition) is 2. The number of nitrogens with one attached hydrogen (secondary N) is 1. The first-order chi connectivity index (χ1) is 8.13. The minimum Gasteiger partial charge on any atom is -0.450 e. The highest BCUT2D eigenvalue weighted by Crippen LogP contribution is 2.24. The largest absolute Gasteiger partial charge is 0.506 e. The molecule has 0 aromatic rings. The predicted molar refractivity (Wildman–Crippen MR) is 62.7 cm³/mol. The van der Waals surface area contributed by atoms with E-state index in [2.05, 4.69) is 5.32 Å². The molecule has 0 heterocycles. The van der Waals surface area contributed by atoms with Crippen molar-refractivity contribution in [2.24, 2.45) is 5.92 Å². The maximum absolute atomic E-state index is 11.4. The summed E-state index contributed by atoms with van der Waals surface area (Å²) in [5.74, 6) is -0.148. The van der Waals surface area contributed by atoms with Crippen LogP contribution in [0.1, 0.15) is 32.1 Å². The molecule has 5 heteroatoms. The third-order valence-electron chi connectivity index (χ3n) is 2.95. The van der Waals surface area contributed by atoms with Crippen LogP contribution in [0.2, 0.25) is 0 Å². The Morgan fingerprint density at radius 2 is 2.24 bits per heavy atom. The average Bonchev–Trinajstić information content (AvgIpc) is 2.26. The van der Waals surface area contributed by atoms with Crippen LogP contribution in [-0.2, 0) is 9.53 Å². The van der Waals surface area contributed by atoms with E-state index in [4.69, 9.17) is 9.84 Å². The molecule has 0 fully saturated rings. The Morgan fingerprint density at radius 3 is 2.88 bits per heavy atom. The molecular formula is C12H19NO4. The SMILES string of the molecule is CNC(=O)CC1CCCC/C=C/C1OC(=O)O. The average molecular weight is 241 g/mol. The standard InChI is InChI=1S/C12H19NO4/c1-13-11(14)8-9-6-4-2-3-5-7-10(9)17-12(15)16/h5,7,9-10H,2-4,6,8H2,1H3,(H,13,14)(H,15,16)/b7-5+. The zero-order valence-corrected chi connectivity index (χ0v) is 10.0. The quantitative estimate of drug-likeness (QED) is 0.584. The van der Waals surface area contributed by atoms with Gasteiger partial charge in [0.15, 0.2) is 0 Å². The molecule has 0 saturated carbocycles. The van der Waals surface area contributed by atoms with Crippen LogP contribution in [0, 0.1) is 5.92 Å². The summed E-state index contributed by atoms with van der Waals surface area (Å²) >= 11 is 0. The van der Waals surface area contributed by atoms with Gasteiger partial charge >= 0.3 is 6.16 Å². The number of carbonyl (C=O) groups excluding carboxylic acids is 1. The minimum absolute atomic E-state index is 0.0670. The van der Waals surface area contributed by atoms with Crippen LogP contribution in [0.25, 0.3) is 0 Å². The van der Waals surface area contributed by atoms with E-state index in [-0.39, 0.29) is 11.8 Å². The van der Waals surface area contributed by atoms with Crippen molar-refractivity contribution < 1.29 is 19.4 Å². The number of amides is 1. The summed E-state index contributed by atoms with van der Waals surface area (Å²) in [4.78, 5) is 22.0. The van der Waals surface area contributed by atoms with Crippen molar-refractivity contribution in [2.45, 2.75) is 38.2 Å². The summed E-state index contributed by atoms with van der Waals surface area (Å²) in [5.41, 5.74) is 0. The second-order valence-corrected chi connectivity index (χ2v) is 4.20. The third-order valence-corrected chi connectivity index (χ3v) is 2.95. The predicted octanol–water partition coefficient (Wildman–Crippen LogP) is 1.93. The highest BCUT2D eigenvalue weighted by atomic mass is 16.7. The number of allylic oxidation sites excluding steroid dienone is 1. The van der Waals surface area contributed by atoms with Crippen LogP contribution in [0.3, 0.4) is 0 Å². The van der Waals surface area contributed by atoms with Crippen LogP contribution in [0.4, 0.5) is 4.79 Å². The Kier molecular flexibility index (Phi) is 5.52. The highest BCUT2D eigenvalue weighted by molar-refractivity contribution is 5.75. The molecule has 0 aromatic heterocycles. The molecule has 1 amide bonds. The van der Waals surface area contributed by atoms with E-state index < -0.39 is 12.3 Å². The maximum atomic E-state index is 11.4. The summed E-state index contributed by atoms with van der Waals surface area (Å²) in [6.45, 7) is 0. The summed E-state index contributed by atoms with van der Waals surface area (Å²) < 4.78 is 4.83.